The fraction of sp³-hybridized carbons (Fsp3) is 0.240. The van der Waals surface area contributed by atoms with E-state index in [1.807, 2.05) is 35.7 Å². The Bertz CT molecular complexity index is 1380. The average Bonchev–Trinajstić information content (AvgIpc) is 3.52. The maximum Gasteiger partial charge on any atom is 0.227 e. The van der Waals surface area contributed by atoms with Crippen LogP contribution in [0.2, 0.25) is 0 Å². The third-order valence-electron chi connectivity index (χ3n) is 6.08. The lowest BCUT2D eigenvalue weighted by Gasteiger charge is -2.17. The van der Waals surface area contributed by atoms with E-state index in [0.29, 0.717) is 18.8 Å². The number of hydrogen-bond acceptors (Lipinski definition) is 5. The van der Waals surface area contributed by atoms with Gasteiger partial charge in [0, 0.05) is 47.1 Å². The van der Waals surface area contributed by atoms with Crippen LogP contribution in [-0.4, -0.2) is 34.9 Å². The lowest BCUT2D eigenvalue weighted by molar-refractivity contribution is -0.126. The number of aryl methyl sites for hydroxylation is 1. The van der Waals surface area contributed by atoms with Crippen LogP contribution in [0.3, 0.4) is 0 Å². The summed E-state index contributed by atoms with van der Waals surface area (Å²) in [5, 5.41) is 2.99. The summed E-state index contributed by atoms with van der Waals surface area (Å²) >= 11 is 1.50. The summed E-state index contributed by atoms with van der Waals surface area (Å²) in [6, 6.07) is 13.5. The summed E-state index contributed by atoms with van der Waals surface area (Å²) < 4.78 is 20.4. The quantitative estimate of drug-likeness (QED) is 0.451. The van der Waals surface area contributed by atoms with Crippen molar-refractivity contribution >= 4 is 33.8 Å². The number of nitrogens with one attached hydrogen (secondary N) is 1. The van der Waals surface area contributed by atoms with Crippen LogP contribution in [0.4, 0.5) is 10.1 Å². The number of nitrogens with zero attached hydrogens (tertiary/aromatic N) is 3. The van der Waals surface area contributed by atoms with Gasteiger partial charge in [0.25, 0.3) is 0 Å². The Morgan fingerprint density at radius 1 is 1.26 bits per heavy atom. The van der Waals surface area contributed by atoms with E-state index in [0.717, 1.165) is 32.5 Å². The first-order valence-corrected chi connectivity index (χ1v) is 11.7. The van der Waals surface area contributed by atoms with Gasteiger partial charge in [-0.2, -0.15) is 0 Å². The molecule has 0 aliphatic carbocycles. The number of hydrogen-bond donors (Lipinski definition) is 1. The molecule has 3 heterocycles. The van der Waals surface area contributed by atoms with Gasteiger partial charge in [-0.15, -0.1) is 0 Å². The summed E-state index contributed by atoms with van der Waals surface area (Å²) in [4.78, 5) is 33.5. The summed E-state index contributed by atoms with van der Waals surface area (Å²) in [6.07, 6.45) is 2.10. The molecule has 4 aromatic rings. The van der Waals surface area contributed by atoms with Crippen LogP contribution in [-0.2, 0) is 16.1 Å². The molecule has 2 aromatic carbocycles. The smallest absolute Gasteiger partial charge is 0.227 e. The Labute approximate surface area is 199 Å². The van der Waals surface area contributed by atoms with Gasteiger partial charge in [0.15, 0.2) is 4.96 Å². The van der Waals surface area contributed by atoms with Gasteiger partial charge < -0.3 is 15.0 Å². The van der Waals surface area contributed by atoms with E-state index in [1.165, 1.54) is 23.5 Å². The van der Waals surface area contributed by atoms with Gasteiger partial charge in [0.1, 0.15) is 11.6 Å². The van der Waals surface area contributed by atoms with Gasteiger partial charge in [0.05, 0.1) is 25.3 Å². The molecule has 1 aliphatic heterocycles. The highest BCUT2D eigenvalue weighted by atomic mass is 32.1. The Balaban J connectivity index is 1.25. The minimum Gasteiger partial charge on any atom is -0.497 e. The molecule has 34 heavy (non-hydrogen) atoms. The van der Waals surface area contributed by atoms with Gasteiger partial charge in [0.2, 0.25) is 11.8 Å². The van der Waals surface area contributed by atoms with Crippen molar-refractivity contribution in [2.24, 2.45) is 5.92 Å². The predicted octanol–water partition coefficient (Wildman–Crippen LogP) is 4.19. The van der Waals surface area contributed by atoms with Gasteiger partial charge in [-0.05, 0) is 43.3 Å². The number of halogens is 1. The van der Waals surface area contributed by atoms with Crippen molar-refractivity contribution < 1.29 is 18.7 Å². The largest absolute Gasteiger partial charge is 0.497 e. The number of thiazole rings is 1. The zero-order valence-electron chi connectivity index (χ0n) is 18.7. The molecule has 0 saturated carbocycles. The van der Waals surface area contributed by atoms with Crippen molar-refractivity contribution in [1.29, 1.82) is 0 Å². The predicted molar refractivity (Wildman–Crippen MR) is 129 cm³/mol. The molecule has 1 unspecified atom stereocenters. The highest BCUT2D eigenvalue weighted by Crippen LogP contribution is 2.29. The van der Waals surface area contributed by atoms with Crippen molar-refractivity contribution in [3.63, 3.8) is 0 Å². The summed E-state index contributed by atoms with van der Waals surface area (Å²) in [5.74, 6) is -0.245. The highest BCUT2D eigenvalue weighted by Gasteiger charge is 2.35. The van der Waals surface area contributed by atoms with Crippen LogP contribution < -0.4 is 15.0 Å². The number of imidazole rings is 1. The van der Waals surface area contributed by atoms with Crippen LogP contribution >= 0.6 is 11.3 Å². The van der Waals surface area contributed by atoms with E-state index in [-0.39, 0.29) is 24.1 Å². The Kier molecular flexibility index (Phi) is 5.79. The number of anilines is 1. The van der Waals surface area contributed by atoms with Gasteiger partial charge in [-0.25, -0.2) is 9.37 Å². The molecule has 0 spiro atoms. The molecule has 9 heteroatoms. The number of fused-ring (bicyclic) bond motifs is 1. The molecular formula is C25H23FN4O3S. The van der Waals surface area contributed by atoms with Crippen molar-refractivity contribution in [2.75, 3.05) is 18.6 Å². The van der Waals surface area contributed by atoms with Gasteiger partial charge >= 0.3 is 0 Å². The number of benzene rings is 2. The molecule has 7 nitrogen and oxygen atoms in total. The normalized spacial score (nSPS) is 15.8. The Morgan fingerprint density at radius 3 is 2.79 bits per heavy atom. The second kappa shape index (κ2) is 8.90. The molecule has 2 aromatic heterocycles. The number of methoxy groups -OCH3 is 1. The molecule has 1 atom stereocenters. The first-order valence-electron chi connectivity index (χ1n) is 10.9. The summed E-state index contributed by atoms with van der Waals surface area (Å²) in [7, 11) is 1.58. The Morgan fingerprint density at radius 2 is 2.06 bits per heavy atom. The van der Waals surface area contributed by atoms with Crippen molar-refractivity contribution in [3.05, 3.63) is 71.1 Å². The van der Waals surface area contributed by atoms with Crippen molar-refractivity contribution in [2.45, 2.75) is 19.9 Å². The molecule has 174 valence electrons. The summed E-state index contributed by atoms with van der Waals surface area (Å²) in [6.45, 7) is 2.69. The topological polar surface area (TPSA) is 75.9 Å². The molecule has 0 radical (unpaired) electrons. The fourth-order valence-corrected chi connectivity index (χ4v) is 5.18. The van der Waals surface area contributed by atoms with Crippen LogP contribution in [0.15, 0.2) is 54.7 Å². The van der Waals surface area contributed by atoms with E-state index < -0.39 is 5.92 Å². The molecule has 1 saturated heterocycles. The first kappa shape index (κ1) is 22.1. The standard InChI is InChI=1S/C25H23FN4O3S/c1-15-22(34-25-28-21(14-29(15)25)16-6-8-18(26)9-7-16)12-27-24(32)17-10-23(31)30(13-17)19-4-3-5-20(11-19)33-2/h3-9,11,14,17H,10,12-13H2,1-2H3,(H,27,32). The SMILES string of the molecule is COc1cccc(N2CC(C(=O)NCc3sc4nc(-c5ccc(F)cc5)cn4c3C)CC2=O)c1. The van der Waals surface area contributed by atoms with Crippen molar-refractivity contribution in [1.82, 2.24) is 14.7 Å². The maximum atomic E-state index is 13.2. The molecule has 1 aliphatic rings. The number of rotatable bonds is 6. The molecule has 2 amide bonds. The van der Waals surface area contributed by atoms with E-state index in [1.54, 1.807) is 30.2 Å². The van der Waals surface area contributed by atoms with Crippen LogP contribution in [0.1, 0.15) is 17.0 Å². The zero-order valence-corrected chi connectivity index (χ0v) is 19.6. The molecule has 5 rings (SSSR count). The Hall–Kier alpha value is -3.72. The lowest BCUT2D eigenvalue weighted by atomic mass is 10.1. The van der Waals surface area contributed by atoms with E-state index in [9.17, 15) is 14.0 Å². The third-order valence-corrected chi connectivity index (χ3v) is 7.23. The number of ether oxygens (including phenoxy) is 1. The maximum absolute atomic E-state index is 13.2. The molecule has 1 N–H and O–H groups in total. The second-order valence-corrected chi connectivity index (χ2v) is 9.28. The van der Waals surface area contributed by atoms with Gasteiger partial charge in [-0.1, -0.05) is 17.4 Å². The minimum absolute atomic E-state index is 0.0764. The van der Waals surface area contributed by atoms with Gasteiger partial charge in [-0.3, -0.25) is 14.0 Å². The number of carbonyl (C=O) groups is 2. The van der Waals surface area contributed by atoms with Crippen LogP contribution in [0.5, 0.6) is 5.75 Å². The second-order valence-electron chi connectivity index (χ2n) is 8.22. The van der Waals surface area contributed by atoms with E-state index in [2.05, 4.69) is 10.3 Å². The lowest BCUT2D eigenvalue weighted by Crippen LogP contribution is -2.32. The molecule has 1 fully saturated rings. The minimum atomic E-state index is -0.409. The van der Waals surface area contributed by atoms with Crippen LogP contribution in [0, 0.1) is 18.7 Å². The number of amides is 2. The van der Waals surface area contributed by atoms with E-state index >= 15 is 0 Å². The first-order chi connectivity index (χ1) is 16.4. The molecule has 0 bridgehead atoms. The third kappa shape index (κ3) is 4.14. The number of aromatic nitrogens is 2. The zero-order chi connectivity index (χ0) is 23.8. The average molecular weight is 479 g/mol. The van der Waals surface area contributed by atoms with Crippen LogP contribution in [0.25, 0.3) is 16.2 Å². The highest BCUT2D eigenvalue weighted by molar-refractivity contribution is 7.17. The van der Waals surface area contributed by atoms with E-state index in [4.69, 9.17) is 4.74 Å². The molecular weight excluding hydrogens is 455 g/mol. The monoisotopic (exact) mass is 478 g/mol. The number of carbonyl (C=O) groups excluding carboxylic acids is 2. The fourth-order valence-electron chi connectivity index (χ4n) is 4.14. The summed E-state index contributed by atoms with van der Waals surface area (Å²) in [5.41, 5.74) is 3.33. The van der Waals surface area contributed by atoms with Crippen molar-refractivity contribution in [3.8, 4) is 17.0 Å².